The monoisotopic (exact) mass is 500 g/mol. The lowest BCUT2D eigenvalue weighted by atomic mass is 10.1. The van der Waals surface area contributed by atoms with Crippen molar-refractivity contribution in [2.24, 2.45) is 0 Å². The summed E-state index contributed by atoms with van der Waals surface area (Å²) < 4.78 is 12.4. The van der Waals surface area contributed by atoms with Crippen LogP contribution in [0, 0.1) is 0 Å². The van der Waals surface area contributed by atoms with Crippen molar-refractivity contribution < 1.29 is 29.0 Å². The molecule has 5 rings (SSSR count). The minimum absolute atomic E-state index is 0.202. The molecule has 1 fully saturated rings. The molecule has 2 unspecified atom stereocenters. The topological polar surface area (TPSA) is 106 Å². The number of carbonyl (C=O) groups is 3. The highest BCUT2D eigenvalue weighted by Gasteiger charge is 2.45. The number of aliphatic hydroxyl groups excluding tert-OH is 1. The third kappa shape index (κ3) is 4.07. The van der Waals surface area contributed by atoms with E-state index in [1.165, 1.54) is 44.7 Å². The van der Waals surface area contributed by atoms with Crippen LogP contribution in [0.25, 0.3) is 10.2 Å². The molecule has 2 aromatic carbocycles. The number of likely N-dealkylation sites (tertiary alicyclic amines) is 1. The van der Waals surface area contributed by atoms with Crippen LogP contribution in [-0.2, 0) is 19.1 Å². The van der Waals surface area contributed by atoms with Crippen molar-refractivity contribution >= 4 is 61.0 Å². The number of carbonyl (C=O) groups excluding carboxylic acids is 3. The van der Waals surface area contributed by atoms with Crippen LogP contribution in [-0.4, -0.2) is 38.2 Å². The fraction of sp³-hybridized carbons (Fsp3) is 0.182. The number of benzene rings is 2. The van der Waals surface area contributed by atoms with Gasteiger partial charge in [0.1, 0.15) is 11.1 Å². The minimum atomic E-state index is -1.24. The summed E-state index contributed by atoms with van der Waals surface area (Å²) in [7, 11) is 2.77. The van der Waals surface area contributed by atoms with Crippen molar-refractivity contribution in [3.05, 3.63) is 71.1 Å². The van der Waals surface area contributed by atoms with Gasteiger partial charge in [-0.3, -0.25) is 9.69 Å². The van der Waals surface area contributed by atoms with Crippen LogP contribution in [0.5, 0.6) is 0 Å². The Bertz CT molecular complexity index is 1280. The summed E-state index contributed by atoms with van der Waals surface area (Å²) in [5, 5.41) is 9.81. The quantitative estimate of drug-likeness (QED) is 0.168. The van der Waals surface area contributed by atoms with Gasteiger partial charge in [0.2, 0.25) is 5.91 Å². The number of thiazole rings is 1. The van der Waals surface area contributed by atoms with Gasteiger partial charge in [-0.05, 0) is 35.9 Å². The molecule has 2 atom stereocenters. The first-order valence-corrected chi connectivity index (χ1v) is 12.9. The molecule has 1 amide bonds. The highest BCUT2D eigenvalue weighted by atomic mass is 33.1. The number of para-hydroxylation sites is 1. The van der Waals surface area contributed by atoms with E-state index in [0.717, 1.165) is 14.6 Å². The molecule has 8 nitrogen and oxygen atoms in total. The number of hydrogen-bond donors (Lipinski definition) is 1. The van der Waals surface area contributed by atoms with Gasteiger partial charge in [-0.15, -0.1) is 11.3 Å². The molecule has 1 aromatic heterocycles. The van der Waals surface area contributed by atoms with Crippen LogP contribution < -0.4 is 0 Å². The molecule has 1 saturated heterocycles. The molecule has 0 bridgehead atoms. The van der Waals surface area contributed by atoms with E-state index in [-0.39, 0.29) is 23.8 Å². The Kier molecular flexibility index (Phi) is 5.77. The number of aromatic nitrogens is 1. The van der Waals surface area contributed by atoms with Gasteiger partial charge in [0.05, 0.1) is 22.2 Å². The second kappa shape index (κ2) is 8.73. The Hall–Kier alpha value is -3.02. The molecule has 0 spiro atoms. The van der Waals surface area contributed by atoms with Crippen molar-refractivity contribution in [2.45, 2.75) is 29.3 Å². The number of hydrogen-bond acceptors (Lipinski definition) is 10. The van der Waals surface area contributed by atoms with Crippen LogP contribution in [0.3, 0.4) is 0 Å². The summed E-state index contributed by atoms with van der Waals surface area (Å²) in [5.41, 5.74) is 1.35. The second-order valence-corrected chi connectivity index (χ2v) is 10.9. The maximum Gasteiger partial charge on any atom is 0.361 e. The summed E-state index contributed by atoms with van der Waals surface area (Å²) in [6, 6.07) is 14.3. The van der Waals surface area contributed by atoms with Gasteiger partial charge in [-0.1, -0.05) is 41.1 Å². The number of cyclic esters (lactones) is 1. The van der Waals surface area contributed by atoms with Gasteiger partial charge >= 0.3 is 11.9 Å². The summed E-state index contributed by atoms with van der Waals surface area (Å²) in [6.45, 7) is 1.30. The molecular weight excluding hydrogens is 484 g/mol. The molecule has 1 N–H and O–H groups in total. The Morgan fingerprint density at radius 1 is 1.21 bits per heavy atom. The number of allylic oxidation sites excluding steroid dienone is 1. The molecule has 3 heterocycles. The van der Waals surface area contributed by atoms with E-state index in [0.29, 0.717) is 11.1 Å². The first kappa shape index (κ1) is 21.8. The number of β-lactam (4-membered cyclic amide) rings is 1. The maximum absolute atomic E-state index is 12.9. The molecule has 3 aromatic rings. The van der Waals surface area contributed by atoms with Gasteiger partial charge in [0.15, 0.2) is 10.0 Å². The summed E-state index contributed by atoms with van der Waals surface area (Å²) in [4.78, 5) is 43.1. The molecule has 2 aliphatic rings. The smallest absolute Gasteiger partial charge is 0.361 e. The lowest BCUT2D eigenvalue weighted by Gasteiger charge is -2.39. The van der Waals surface area contributed by atoms with Gasteiger partial charge in [-0.25, -0.2) is 14.6 Å². The highest BCUT2D eigenvalue weighted by Crippen LogP contribution is 2.45. The number of aliphatic hydroxyl groups is 1. The van der Waals surface area contributed by atoms with E-state index >= 15 is 0 Å². The van der Waals surface area contributed by atoms with Crippen molar-refractivity contribution in [1.82, 2.24) is 9.88 Å². The fourth-order valence-corrected chi connectivity index (χ4v) is 7.26. The van der Waals surface area contributed by atoms with Gasteiger partial charge in [0.25, 0.3) is 6.29 Å². The molecule has 11 heteroatoms. The maximum atomic E-state index is 12.9. The zero-order valence-corrected chi connectivity index (χ0v) is 19.5. The Morgan fingerprint density at radius 2 is 1.97 bits per heavy atom. The van der Waals surface area contributed by atoms with Crippen molar-refractivity contribution in [3.63, 3.8) is 0 Å². The number of rotatable bonds is 6. The Labute approximate surface area is 200 Å². The average Bonchev–Trinajstić information content (AvgIpc) is 3.35. The minimum Gasteiger partial charge on any atom is -0.510 e. The van der Waals surface area contributed by atoms with Crippen molar-refractivity contribution in [3.8, 4) is 0 Å². The number of fused-ring (bicyclic) bond motifs is 2. The van der Waals surface area contributed by atoms with Crippen molar-refractivity contribution in [2.75, 3.05) is 0 Å². The first-order chi connectivity index (χ1) is 15.9. The van der Waals surface area contributed by atoms with E-state index in [2.05, 4.69) is 4.98 Å². The summed E-state index contributed by atoms with van der Waals surface area (Å²) in [5.74, 6) is -2.23. The predicted molar refractivity (Wildman–Crippen MR) is 124 cm³/mol. The first-order valence-electron chi connectivity index (χ1n) is 9.84. The van der Waals surface area contributed by atoms with Gasteiger partial charge in [0, 0.05) is 5.56 Å². The Balaban J connectivity index is 1.30. The molecule has 33 heavy (non-hydrogen) atoms. The molecule has 2 aliphatic heterocycles. The van der Waals surface area contributed by atoms with Crippen molar-refractivity contribution in [1.29, 1.82) is 0 Å². The van der Waals surface area contributed by atoms with Crippen LogP contribution in [0.2, 0.25) is 0 Å². The van der Waals surface area contributed by atoms with Crippen LogP contribution in [0.1, 0.15) is 35.6 Å². The molecule has 0 saturated carbocycles. The molecular formula is C22H16N2O6S3. The normalized spacial score (nSPS) is 20.2. The number of amides is 1. The summed E-state index contributed by atoms with van der Waals surface area (Å²) in [6.07, 6.45) is -1.04. The van der Waals surface area contributed by atoms with Crippen LogP contribution in [0.4, 0.5) is 0 Å². The number of ether oxygens (including phenoxy) is 2. The molecule has 168 valence electrons. The van der Waals surface area contributed by atoms with Gasteiger partial charge < -0.3 is 14.6 Å². The fourth-order valence-electron chi connectivity index (χ4n) is 3.49. The summed E-state index contributed by atoms with van der Waals surface area (Å²) >= 11 is 1.54. The Morgan fingerprint density at radius 3 is 2.73 bits per heavy atom. The highest BCUT2D eigenvalue weighted by molar-refractivity contribution is 8.77. The third-order valence-electron chi connectivity index (χ3n) is 5.05. The average molecular weight is 501 g/mol. The third-order valence-corrected chi connectivity index (χ3v) is 9.06. The van der Waals surface area contributed by atoms with Crippen LogP contribution in [0.15, 0.2) is 64.3 Å². The van der Waals surface area contributed by atoms with E-state index < -0.39 is 23.6 Å². The molecule has 0 radical (unpaired) electrons. The largest absolute Gasteiger partial charge is 0.510 e. The van der Waals surface area contributed by atoms with E-state index in [1.54, 1.807) is 24.3 Å². The zero-order chi connectivity index (χ0) is 23.1. The van der Waals surface area contributed by atoms with Gasteiger partial charge in [-0.2, -0.15) is 0 Å². The predicted octanol–water partition coefficient (Wildman–Crippen LogP) is 4.80. The number of nitrogens with zero attached hydrogens (tertiary/aromatic N) is 2. The zero-order valence-electron chi connectivity index (χ0n) is 17.1. The van der Waals surface area contributed by atoms with E-state index in [4.69, 9.17) is 9.47 Å². The lowest BCUT2D eigenvalue weighted by Crippen LogP contribution is -2.51. The molecule has 0 aliphatic carbocycles. The number of esters is 2. The standard InChI is InChI=1S/C22H16N2O6S3/c1-11(25)18(20(28)30-21-13-7-3-2-6-12(13)19(27)29-21)24-16(26)10-17(24)32-33-22-23-14-8-4-5-9-15(14)31-22/h2-9,17,21,25H,10H2,1H3/b18-11+. The van der Waals surface area contributed by atoms with E-state index in [9.17, 15) is 19.5 Å². The van der Waals surface area contributed by atoms with E-state index in [1.807, 2.05) is 24.3 Å². The second-order valence-electron chi connectivity index (χ2n) is 7.21. The lowest BCUT2D eigenvalue weighted by molar-refractivity contribution is -0.168. The SMILES string of the molecule is C/C(O)=C(/C(=O)OC1OC(=O)c2ccccc21)N1C(=O)CC1SSc1nc2ccccc2s1. The van der Waals surface area contributed by atoms with Crippen LogP contribution >= 0.6 is 32.9 Å².